The van der Waals surface area contributed by atoms with Crippen molar-refractivity contribution in [1.29, 1.82) is 0 Å². The van der Waals surface area contributed by atoms with Crippen molar-refractivity contribution in [3.63, 3.8) is 0 Å². The predicted molar refractivity (Wildman–Crippen MR) is 49.6 cm³/mol. The van der Waals surface area contributed by atoms with Crippen molar-refractivity contribution < 1.29 is 9.90 Å². The SMILES string of the molecule is O=CC1CCC1c1cccc(O)c1. The van der Waals surface area contributed by atoms with Gasteiger partial charge in [-0.25, -0.2) is 0 Å². The maximum atomic E-state index is 10.6. The van der Waals surface area contributed by atoms with E-state index in [0.29, 0.717) is 5.92 Å². The standard InChI is InChI=1S/C11H12O2/c12-7-9-4-5-11(9)8-2-1-3-10(13)6-8/h1-3,6-7,9,11,13H,4-5H2. The van der Waals surface area contributed by atoms with Gasteiger partial charge in [0.25, 0.3) is 0 Å². The fourth-order valence-corrected chi connectivity index (χ4v) is 1.86. The Morgan fingerprint density at radius 2 is 2.23 bits per heavy atom. The summed E-state index contributed by atoms with van der Waals surface area (Å²) in [5, 5.41) is 9.25. The van der Waals surface area contributed by atoms with E-state index in [1.165, 1.54) is 0 Å². The zero-order valence-corrected chi connectivity index (χ0v) is 7.31. The maximum Gasteiger partial charge on any atom is 0.123 e. The summed E-state index contributed by atoms with van der Waals surface area (Å²) in [5.74, 6) is 0.792. The second-order valence-corrected chi connectivity index (χ2v) is 3.58. The molecule has 2 nitrogen and oxygen atoms in total. The summed E-state index contributed by atoms with van der Waals surface area (Å²) < 4.78 is 0. The molecule has 0 bridgehead atoms. The Labute approximate surface area is 77.2 Å². The Bertz CT molecular complexity index is 320. The molecule has 68 valence electrons. The molecular weight excluding hydrogens is 164 g/mol. The number of aromatic hydroxyl groups is 1. The molecule has 1 aromatic rings. The van der Waals surface area contributed by atoms with Crippen molar-refractivity contribution in [3.05, 3.63) is 29.8 Å². The molecule has 2 unspecified atom stereocenters. The summed E-state index contributed by atoms with van der Waals surface area (Å²) in [4.78, 5) is 10.6. The van der Waals surface area contributed by atoms with Crippen LogP contribution in [0.1, 0.15) is 24.3 Å². The van der Waals surface area contributed by atoms with Crippen molar-refractivity contribution in [1.82, 2.24) is 0 Å². The number of aldehydes is 1. The highest BCUT2D eigenvalue weighted by molar-refractivity contribution is 5.58. The van der Waals surface area contributed by atoms with E-state index in [4.69, 9.17) is 0 Å². The normalized spacial score (nSPS) is 26.5. The highest BCUT2D eigenvalue weighted by atomic mass is 16.3. The molecule has 1 aliphatic carbocycles. The van der Waals surface area contributed by atoms with Gasteiger partial charge in [-0.1, -0.05) is 12.1 Å². The van der Waals surface area contributed by atoms with Crippen LogP contribution >= 0.6 is 0 Å². The summed E-state index contributed by atoms with van der Waals surface area (Å²) >= 11 is 0. The second kappa shape index (κ2) is 3.21. The molecular formula is C11H12O2. The van der Waals surface area contributed by atoms with Gasteiger partial charge in [0.05, 0.1) is 0 Å². The molecule has 0 saturated heterocycles. The highest BCUT2D eigenvalue weighted by Gasteiger charge is 2.31. The molecule has 1 saturated carbocycles. The Hall–Kier alpha value is -1.31. The maximum absolute atomic E-state index is 10.6. The summed E-state index contributed by atoms with van der Waals surface area (Å²) in [5.41, 5.74) is 1.09. The molecule has 0 aliphatic heterocycles. The van der Waals surface area contributed by atoms with Gasteiger partial charge in [0.1, 0.15) is 12.0 Å². The van der Waals surface area contributed by atoms with E-state index in [-0.39, 0.29) is 11.7 Å². The number of benzene rings is 1. The van der Waals surface area contributed by atoms with Crippen molar-refractivity contribution in [2.45, 2.75) is 18.8 Å². The molecule has 0 radical (unpaired) electrons. The first-order valence-electron chi connectivity index (χ1n) is 4.55. The minimum absolute atomic E-state index is 0.168. The van der Waals surface area contributed by atoms with E-state index in [0.717, 1.165) is 24.7 Å². The molecule has 1 aromatic carbocycles. The predicted octanol–water partition coefficient (Wildman–Crippen LogP) is 2.08. The van der Waals surface area contributed by atoms with Crippen LogP contribution in [0.15, 0.2) is 24.3 Å². The zero-order valence-electron chi connectivity index (χ0n) is 7.31. The topological polar surface area (TPSA) is 37.3 Å². The van der Waals surface area contributed by atoms with Crippen LogP contribution < -0.4 is 0 Å². The first-order valence-corrected chi connectivity index (χ1v) is 4.55. The molecule has 0 amide bonds. The molecule has 0 aromatic heterocycles. The first kappa shape index (κ1) is 8.30. The molecule has 1 N–H and O–H groups in total. The van der Waals surface area contributed by atoms with E-state index in [1.54, 1.807) is 12.1 Å². The van der Waals surface area contributed by atoms with Crippen LogP contribution in [0.4, 0.5) is 0 Å². The number of hydrogen-bond donors (Lipinski definition) is 1. The van der Waals surface area contributed by atoms with E-state index in [9.17, 15) is 9.90 Å². The second-order valence-electron chi connectivity index (χ2n) is 3.58. The molecule has 1 aliphatic rings. The lowest BCUT2D eigenvalue weighted by atomic mass is 9.71. The van der Waals surface area contributed by atoms with E-state index in [2.05, 4.69) is 0 Å². The third-order valence-electron chi connectivity index (χ3n) is 2.80. The Kier molecular flexibility index (Phi) is 2.05. The summed E-state index contributed by atoms with van der Waals surface area (Å²) in [6.07, 6.45) is 3.08. The third kappa shape index (κ3) is 1.44. The van der Waals surface area contributed by atoms with Gasteiger partial charge >= 0.3 is 0 Å². The number of carbonyl (C=O) groups excluding carboxylic acids is 1. The first-order chi connectivity index (χ1) is 6.31. The van der Waals surface area contributed by atoms with Gasteiger partial charge in [0, 0.05) is 5.92 Å². The molecule has 2 heteroatoms. The number of hydrogen-bond acceptors (Lipinski definition) is 2. The lowest BCUT2D eigenvalue weighted by Gasteiger charge is -2.32. The van der Waals surface area contributed by atoms with Gasteiger partial charge in [-0.3, -0.25) is 0 Å². The Morgan fingerprint density at radius 1 is 1.38 bits per heavy atom. The van der Waals surface area contributed by atoms with Gasteiger partial charge in [-0.2, -0.15) is 0 Å². The minimum Gasteiger partial charge on any atom is -0.508 e. The Morgan fingerprint density at radius 3 is 2.77 bits per heavy atom. The van der Waals surface area contributed by atoms with E-state index >= 15 is 0 Å². The van der Waals surface area contributed by atoms with Crippen LogP contribution in [-0.2, 0) is 4.79 Å². The van der Waals surface area contributed by atoms with Crippen LogP contribution in [0.5, 0.6) is 5.75 Å². The lowest BCUT2D eigenvalue weighted by Crippen LogP contribution is -2.24. The quantitative estimate of drug-likeness (QED) is 0.700. The molecule has 0 heterocycles. The van der Waals surface area contributed by atoms with Crippen LogP contribution in [0.3, 0.4) is 0 Å². The smallest absolute Gasteiger partial charge is 0.123 e. The summed E-state index contributed by atoms with van der Waals surface area (Å²) in [6.45, 7) is 0. The van der Waals surface area contributed by atoms with E-state index < -0.39 is 0 Å². The fourth-order valence-electron chi connectivity index (χ4n) is 1.86. The number of carbonyl (C=O) groups is 1. The van der Waals surface area contributed by atoms with Gasteiger partial charge in [0.2, 0.25) is 0 Å². The Balaban J connectivity index is 2.21. The van der Waals surface area contributed by atoms with Crippen molar-refractivity contribution in [2.24, 2.45) is 5.92 Å². The number of rotatable bonds is 2. The molecule has 2 rings (SSSR count). The van der Waals surface area contributed by atoms with Gasteiger partial charge < -0.3 is 9.90 Å². The van der Waals surface area contributed by atoms with Crippen LogP contribution in [0.25, 0.3) is 0 Å². The van der Waals surface area contributed by atoms with Gasteiger partial charge in [-0.15, -0.1) is 0 Å². The van der Waals surface area contributed by atoms with Gasteiger partial charge in [0.15, 0.2) is 0 Å². The number of phenolic OH excluding ortho intramolecular Hbond substituents is 1. The summed E-state index contributed by atoms with van der Waals surface area (Å²) in [6, 6.07) is 7.20. The monoisotopic (exact) mass is 176 g/mol. The van der Waals surface area contributed by atoms with Crippen molar-refractivity contribution in [3.8, 4) is 5.75 Å². The van der Waals surface area contributed by atoms with Crippen molar-refractivity contribution >= 4 is 6.29 Å². The largest absolute Gasteiger partial charge is 0.508 e. The van der Waals surface area contributed by atoms with Crippen molar-refractivity contribution in [2.75, 3.05) is 0 Å². The number of phenols is 1. The lowest BCUT2D eigenvalue weighted by molar-refractivity contribution is -0.113. The fraction of sp³-hybridized carbons (Fsp3) is 0.364. The van der Waals surface area contributed by atoms with Gasteiger partial charge in [-0.05, 0) is 36.5 Å². The van der Waals surface area contributed by atoms with Crippen LogP contribution in [-0.4, -0.2) is 11.4 Å². The average molecular weight is 176 g/mol. The molecule has 1 fully saturated rings. The zero-order chi connectivity index (χ0) is 9.26. The molecule has 13 heavy (non-hydrogen) atoms. The average Bonchev–Trinajstić information content (AvgIpc) is 2.03. The minimum atomic E-state index is 0.168. The third-order valence-corrected chi connectivity index (χ3v) is 2.80. The molecule has 0 spiro atoms. The van der Waals surface area contributed by atoms with Crippen LogP contribution in [0, 0.1) is 5.92 Å². The van der Waals surface area contributed by atoms with Crippen LogP contribution in [0.2, 0.25) is 0 Å². The molecule has 2 atom stereocenters. The summed E-state index contributed by atoms with van der Waals surface area (Å²) in [7, 11) is 0. The highest BCUT2D eigenvalue weighted by Crippen LogP contribution is 2.41. The van der Waals surface area contributed by atoms with E-state index in [1.807, 2.05) is 12.1 Å².